The molecule has 4 aliphatic carbocycles. The van der Waals surface area contributed by atoms with Gasteiger partial charge < -0.3 is 4.74 Å². The van der Waals surface area contributed by atoms with E-state index < -0.39 is 0 Å². The summed E-state index contributed by atoms with van der Waals surface area (Å²) in [5.74, 6) is 4.69. The van der Waals surface area contributed by atoms with Crippen LogP contribution in [0.25, 0.3) is 0 Å². The van der Waals surface area contributed by atoms with Gasteiger partial charge in [0.2, 0.25) is 0 Å². The predicted molar refractivity (Wildman–Crippen MR) is 138 cm³/mol. The van der Waals surface area contributed by atoms with Crippen molar-refractivity contribution in [3.63, 3.8) is 0 Å². The second-order valence-electron chi connectivity index (χ2n) is 15.0. The van der Waals surface area contributed by atoms with Gasteiger partial charge in [-0.3, -0.25) is 0 Å². The second kappa shape index (κ2) is 8.27. The van der Waals surface area contributed by atoms with E-state index in [2.05, 4.69) is 55.4 Å². The lowest BCUT2D eigenvalue weighted by Crippen LogP contribution is -2.62. The molecule has 0 spiro atoms. The molecule has 32 heavy (non-hydrogen) atoms. The Hall–Kier alpha value is -0.0400. The largest absolute Gasteiger partial charge is 0.379 e. The highest BCUT2D eigenvalue weighted by molar-refractivity contribution is 5.16. The van der Waals surface area contributed by atoms with Gasteiger partial charge in [0.25, 0.3) is 0 Å². The molecule has 0 aliphatic heterocycles. The normalized spacial score (nSPS) is 46.8. The van der Waals surface area contributed by atoms with E-state index in [9.17, 15) is 0 Å². The zero-order chi connectivity index (χ0) is 23.6. The number of fused-ring (bicyclic) bond motifs is 5. The molecule has 4 fully saturated rings. The van der Waals surface area contributed by atoms with Crippen molar-refractivity contribution in [2.75, 3.05) is 7.11 Å². The first-order valence-corrected chi connectivity index (χ1v) is 14.4. The summed E-state index contributed by atoms with van der Waals surface area (Å²) < 4.78 is 5.69. The predicted octanol–water partition coefficient (Wildman–Crippen LogP) is 9.29. The van der Waals surface area contributed by atoms with Crippen molar-refractivity contribution >= 4 is 0 Å². The standard InChI is InChI=1S/C31H56O/c1-22(12-10-18-28(4,5)32-9)23-15-20-30(7)24(23)13-14-26-29(6)19-11-17-27(2,3)25(29)16-21-31(26,30)8/h22-26H,10-21H2,1-9H3/t22-,23-,24-,25?,26-,29+,30+,31-/m1/s1. The van der Waals surface area contributed by atoms with Crippen molar-refractivity contribution < 1.29 is 4.74 Å². The van der Waals surface area contributed by atoms with Gasteiger partial charge in [-0.25, -0.2) is 0 Å². The van der Waals surface area contributed by atoms with Crippen molar-refractivity contribution in [3.8, 4) is 0 Å². The highest BCUT2D eigenvalue weighted by Crippen LogP contribution is 2.75. The van der Waals surface area contributed by atoms with Crippen molar-refractivity contribution in [3.05, 3.63) is 0 Å². The van der Waals surface area contributed by atoms with Crippen molar-refractivity contribution in [2.24, 2.45) is 51.2 Å². The number of methoxy groups -OCH3 is 1. The van der Waals surface area contributed by atoms with E-state index in [0.29, 0.717) is 21.7 Å². The van der Waals surface area contributed by atoms with Gasteiger partial charge in [0.1, 0.15) is 0 Å². The maximum absolute atomic E-state index is 5.69. The maximum atomic E-state index is 5.69. The molecule has 0 radical (unpaired) electrons. The molecule has 4 rings (SSSR count). The third-order valence-electron chi connectivity index (χ3n) is 12.9. The Kier molecular flexibility index (Phi) is 6.48. The molecule has 0 amide bonds. The molecule has 0 heterocycles. The Morgan fingerprint density at radius 2 is 1.53 bits per heavy atom. The average molecular weight is 445 g/mol. The Bertz CT molecular complexity index is 678. The third-order valence-corrected chi connectivity index (χ3v) is 12.9. The van der Waals surface area contributed by atoms with Gasteiger partial charge in [-0.05, 0) is 123 Å². The molecule has 1 heteroatoms. The molecule has 1 unspecified atom stereocenters. The lowest BCUT2D eigenvalue weighted by atomic mass is 9.35. The minimum absolute atomic E-state index is 0.0390. The lowest BCUT2D eigenvalue weighted by molar-refractivity contribution is -0.203. The smallest absolute Gasteiger partial charge is 0.0622 e. The Labute approximate surface area is 201 Å². The van der Waals surface area contributed by atoms with Crippen LogP contribution in [-0.2, 0) is 4.74 Å². The van der Waals surface area contributed by atoms with E-state index in [1.165, 1.54) is 77.0 Å². The van der Waals surface area contributed by atoms with Crippen molar-refractivity contribution in [1.82, 2.24) is 0 Å². The average Bonchev–Trinajstić information content (AvgIpc) is 3.05. The van der Waals surface area contributed by atoms with Crippen LogP contribution in [0.4, 0.5) is 0 Å². The van der Waals surface area contributed by atoms with Crippen LogP contribution in [0.5, 0.6) is 0 Å². The van der Waals surface area contributed by atoms with Crippen LogP contribution < -0.4 is 0 Å². The van der Waals surface area contributed by atoms with Gasteiger partial charge in [-0.2, -0.15) is 0 Å². The quantitative estimate of drug-likeness (QED) is 0.396. The van der Waals surface area contributed by atoms with Crippen LogP contribution in [0, 0.1) is 51.2 Å². The summed E-state index contributed by atoms with van der Waals surface area (Å²) in [6.45, 7) is 20.6. The maximum Gasteiger partial charge on any atom is 0.0622 e. The summed E-state index contributed by atoms with van der Waals surface area (Å²) in [6.07, 6.45) is 17.3. The lowest BCUT2D eigenvalue weighted by Gasteiger charge is -2.69. The fourth-order valence-electron chi connectivity index (χ4n) is 10.7. The van der Waals surface area contributed by atoms with Crippen molar-refractivity contribution in [2.45, 2.75) is 138 Å². The first kappa shape index (κ1) is 25.1. The van der Waals surface area contributed by atoms with Crippen LogP contribution >= 0.6 is 0 Å². The van der Waals surface area contributed by atoms with Gasteiger partial charge >= 0.3 is 0 Å². The molecule has 1 nitrogen and oxygen atoms in total. The molecule has 0 saturated heterocycles. The molecule has 186 valence electrons. The second-order valence-corrected chi connectivity index (χ2v) is 15.0. The molecule has 0 N–H and O–H groups in total. The SMILES string of the molecule is COC(C)(C)CCC[C@@H](C)[C@H]1CC[C@@]2(C)[C@@H]1CC[C@@H]1[C@@]3(C)CCCC(C)(C)C3CC[C@]12C. The number of hydrogen-bond donors (Lipinski definition) is 0. The van der Waals surface area contributed by atoms with E-state index in [0.717, 1.165) is 29.6 Å². The molecule has 4 saturated carbocycles. The zero-order valence-electron chi connectivity index (χ0n) is 23.3. The van der Waals surface area contributed by atoms with E-state index >= 15 is 0 Å². The zero-order valence-corrected chi connectivity index (χ0v) is 23.3. The number of hydrogen-bond acceptors (Lipinski definition) is 1. The topological polar surface area (TPSA) is 9.23 Å². The van der Waals surface area contributed by atoms with Gasteiger partial charge in [0, 0.05) is 7.11 Å². The summed E-state index contributed by atoms with van der Waals surface area (Å²) in [7, 11) is 1.87. The summed E-state index contributed by atoms with van der Waals surface area (Å²) in [5, 5.41) is 0. The molecule has 0 aromatic carbocycles. The summed E-state index contributed by atoms with van der Waals surface area (Å²) in [4.78, 5) is 0. The molecular weight excluding hydrogens is 388 g/mol. The molecule has 4 aliphatic rings. The van der Waals surface area contributed by atoms with Crippen LogP contribution in [0.2, 0.25) is 0 Å². The molecule has 8 atom stereocenters. The van der Waals surface area contributed by atoms with Crippen LogP contribution in [0.3, 0.4) is 0 Å². The number of ether oxygens (including phenoxy) is 1. The molecule has 0 aromatic rings. The highest BCUT2D eigenvalue weighted by atomic mass is 16.5. The minimum Gasteiger partial charge on any atom is -0.379 e. The fraction of sp³-hybridized carbons (Fsp3) is 1.00. The minimum atomic E-state index is 0.0390. The molecular formula is C31H56O. The van der Waals surface area contributed by atoms with Gasteiger partial charge in [-0.15, -0.1) is 0 Å². The van der Waals surface area contributed by atoms with E-state index in [4.69, 9.17) is 4.74 Å². The Balaban J connectivity index is 1.51. The Morgan fingerprint density at radius 3 is 2.22 bits per heavy atom. The first-order chi connectivity index (χ1) is 14.8. The van der Waals surface area contributed by atoms with Crippen LogP contribution in [0.15, 0.2) is 0 Å². The number of rotatable bonds is 6. The van der Waals surface area contributed by atoms with Crippen molar-refractivity contribution in [1.29, 1.82) is 0 Å². The van der Waals surface area contributed by atoms with Gasteiger partial charge in [0.15, 0.2) is 0 Å². The Morgan fingerprint density at radius 1 is 0.844 bits per heavy atom. The summed E-state index contributed by atoms with van der Waals surface area (Å²) in [6, 6.07) is 0. The summed E-state index contributed by atoms with van der Waals surface area (Å²) >= 11 is 0. The van der Waals surface area contributed by atoms with E-state index in [1.54, 1.807) is 0 Å². The fourth-order valence-corrected chi connectivity index (χ4v) is 10.7. The van der Waals surface area contributed by atoms with Crippen LogP contribution in [0.1, 0.15) is 132 Å². The monoisotopic (exact) mass is 444 g/mol. The van der Waals surface area contributed by atoms with Crippen LogP contribution in [-0.4, -0.2) is 12.7 Å². The summed E-state index contributed by atoms with van der Waals surface area (Å²) in [5.41, 5.74) is 2.29. The van der Waals surface area contributed by atoms with E-state index in [-0.39, 0.29) is 5.60 Å². The molecule has 0 bridgehead atoms. The van der Waals surface area contributed by atoms with Gasteiger partial charge in [0.05, 0.1) is 5.60 Å². The third kappa shape index (κ3) is 3.74. The first-order valence-electron chi connectivity index (χ1n) is 14.4. The van der Waals surface area contributed by atoms with Gasteiger partial charge in [-0.1, -0.05) is 60.8 Å². The molecule has 0 aromatic heterocycles. The highest BCUT2D eigenvalue weighted by Gasteiger charge is 2.67. The van der Waals surface area contributed by atoms with E-state index in [1.807, 2.05) is 7.11 Å².